The summed E-state index contributed by atoms with van der Waals surface area (Å²) in [5.41, 5.74) is 5.29. The van der Waals surface area contributed by atoms with Crippen molar-refractivity contribution < 1.29 is 190 Å². The summed E-state index contributed by atoms with van der Waals surface area (Å²) in [5.74, 6) is -41.6. The minimum atomic E-state index is -2.07. The van der Waals surface area contributed by atoms with Gasteiger partial charge in [0.15, 0.2) is 52.2 Å². The van der Waals surface area contributed by atoms with Crippen LogP contribution in [-0.2, 0) is 144 Å². The van der Waals surface area contributed by atoms with Gasteiger partial charge in [0, 0.05) is 202 Å². The van der Waals surface area contributed by atoms with Crippen LogP contribution in [0.25, 0.3) is 0 Å². The smallest absolute Gasteiger partial charge is 0.303 e. The zero-order valence-corrected chi connectivity index (χ0v) is 82.8. The molecule has 52 nitrogen and oxygen atoms in total. The van der Waals surface area contributed by atoms with E-state index in [0.717, 1.165) is 12.2 Å². The van der Waals surface area contributed by atoms with Crippen LogP contribution in [-0.4, -0.2) is 332 Å². The first-order valence-electron chi connectivity index (χ1n) is 47.6. The highest BCUT2D eigenvalue weighted by Crippen LogP contribution is 2.27. The molecule has 0 bridgehead atoms. The Bertz CT molecular complexity index is 4750. The molecule has 146 heavy (non-hydrogen) atoms. The van der Waals surface area contributed by atoms with Gasteiger partial charge >= 0.3 is 53.7 Å². The summed E-state index contributed by atoms with van der Waals surface area (Å²) < 4.78 is 5.60. The number of hydrogen-bond donors (Lipinski definition) is 20. The Kier molecular flexibility index (Phi) is 59.2. The molecule has 0 saturated carbocycles. The van der Waals surface area contributed by atoms with E-state index < -0.39 is 435 Å². The molecule has 812 valence electrons. The molecule has 2 aliphatic heterocycles. The second-order valence-corrected chi connectivity index (χ2v) is 37.0. The quantitative estimate of drug-likeness (QED) is 0.0151. The Balaban J connectivity index is 2.36. The van der Waals surface area contributed by atoms with Crippen molar-refractivity contribution in [3.05, 3.63) is 12.2 Å². The number of carbonyl (C=O) groups is 29. The van der Waals surface area contributed by atoms with Crippen molar-refractivity contribution in [2.45, 2.75) is 294 Å². The lowest BCUT2D eigenvalue weighted by Crippen LogP contribution is -2.52. The Labute approximate surface area is 842 Å². The minimum Gasteiger partial charge on any atom is -0.481 e. The molecular formula is C93H135N13O39S. The van der Waals surface area contributed by atoms with Gasteiger partial charge in [0.05, 0.1) is 48.8 Å². The maximum absolute atomic E-state index is 14.5. The zero-order valence-electron chi connectivity index (χ0n) is 82.0. The molecular weight excluding hydrogens is 1960 g/mol. The molecule has 0 aromatic heterocycles. The predicted molar refractivity (Wildman–Crippen MR) is 505 cm³/mol. The zero-order chi connectivity index (χ0) is 110. The van der Waals surface area contributed by atoms with Crippen molar-refractivity contribution in [3.63, 3.8) is 0 Å². The lowest BCUT2D eigenvalue weighted by Gasteiger charge is -2.27. The number of ketones is 9. The average Bonchev–Trinajstić information content (AvgIpc) is 1.66. The van der Waals surface area contributed by atoms with Crippen LogP contribution >= 0.6 is 11.8 Å². The number of carboxylic acid groups (broad SMARTS) is 9. The number of amides is 11. The van der Waals surface area contributed by atoms with E-state index in [-0.39, 0.29) is 68.7 Å². The van der Waals surface area contributed by atoms with E-state index in [1.54, 1.807) is 20.1 Å². The highest BCUT2D eigenvalue weighted by atomic mass is 32.2. The Morgan fingerprint density at radius 1 is 0.411 bits per heavy atom. The van der Waals surface area contributed by atoms with Gasteiger partial charge in [-0.05, 0) is 115 Å². The number of likely N-dealkylation sites (tertiary alicyclic amines) is 1. The molecule has 0 aromatic carbocycles. The van der Waals surface area contributed by atoms with Crippen molar-refractivity contribution in [2.75, 3.05) is 51.4 Å². The number of nitrogens with two attached hydrogens (primary N) is 1. The van der Waals surface area contributed by atoms with Crippen LogP contribution in [0.4, 0.5) is 0 Å². The number of Topliss-reactive ketones (excluding diaryl/α,β-unsaturated/α-hetero) is 9. The van der Waals surface area contributed by atoms with Crippen molar-refractivity contribution in [3.8, 4) is 0 Å². The molecule has 0 aliphatic carbocycles. The lowest BCUT2D eigenvalue weighted by atomic mass is 9.88. The molecule has 21 N–H and O–H groups in total. The number of thioether (sulfide) groups is 1. The van der Waals surface area contributed by atoms with Gasteiger partial charge in [0.1, 0.15) is 18.4 Å². The van der Waals surface area contributed by atoms with Crippen molar-refractivity contribution in [2.24, 2.45) is 47.2 Å². The van der Waals surface area contributed by atoms with Crippen molar-refractivity contribution >= 4 is 188 Å². The van der Waals surface area contributed by atoms with Crippen LogP contribution in [0.5, 0.6) is 0 Å². The van der Waals surface area contributed by atoms with E-state index in [9.17, 15) is 185 Å². The number of carboxylic acids is 9. The van der Waals surface area contributed by atoms with Gasteiger partial charge in [0.2, 0.25) is 53.2 Å². The first kappa shape index (κ1) is 128. The number of carbonyl (C=O) groups excluding carboxylic acids is 20. The van der Waals surface area contributed by atoms with Crippen LogP contribution in [0.2, 0.25) is 0 Å². The van der Waals surface area contributed by atoms with E-state index in [4.69, 9.17) is 15.9 Å². The Morgan fingerprint density at radius 3 is 1.15 bits per heavy atom. The predicted octanol–water partition coefficient (Wildman–Crippen LogP) is -0.966. The maximum Gasteiger partial charge on any atom is 0.303 e. The summed E-state index contributed by atoms with van der Waals surface area (Å²) >= 11 is 1.21. The summed E-state index contributed by atoms with van der Waals surface area (Å²) in [7, 11) is 0. The monoisotopic (exact) mass is 2090 g/mol. The van der Waals surface area contributed by atoms with Crippen molar-refractivity contribution in [1.29, 1.82) is 5.41 Å². The van der Waals surface area contributed by atoms with E-state index in [1.807, 2.05) is 0 Å². The molecule has 0 spiro atoms. The molecule has 1 saturated heterocycles. The number of rotatable bonds is 82. The third-order valence-electron chi connectivity index (χ3n) is 23.7. The summed E-state index contributed by atoms with van der Waals surface area (Å²) in [6.07, 6.45) is -17.2. The van der Waals surface area contributed by atoms with Gasteiger partial charge in [-0.2, -0.15) is 11.8 Å². The number of nitrogens with one attached hydrogen (secondary N) is 10. The number of ether oxygens (including phenoxy) is 1. The lowest BCUT2D eigenvalue weighted by molar-refractivity contribution is -0.142. The molecule has 53 heteroatoms. The molecule has 14 atom stereocenters. The third kappa shape index (κ3) is 52.5. The van der Waals surface area contributed by atoms with E-state index in [1.165, 1.54) is 30.5 Å². The van der Waals surface area contributed by atoms with Gasteiger partial charge in [-0.15, -0.1) is 0 Å². The second-order valence-electron chi connectivity index (χ2n) is 36.1. The molecule has 11 amide bonds. The molecule has 2 aliphatic rings. The van der Waals surface area contributed by atoms with Crippen LogP contribution in [0.3, 0.4) is 0 Å². The fourth-order valence-corrected chi connectivity index (χ4v) is 16.3. The highest BCUT2D eigenvalue weighted by molar-refractivity contribution is 7.98. The van der Waals surface area contributed by atoms with Crippen LogP contribution in [0.15, 0.2) is 12.2 Å². The molecule has 0 aromatic rings. The fraction of sp³-hybridized carbons (Fsp3) is 0.656. The summed E-state index contributed by atoms with van der Waals surface area (Å²) in [5, 5.41) is 116. The number of imide groups is 1. The Morgan fingerprint density at radius 2 is 0.774 bits per heavy atom. The summed E-state index contributed by atoms with van der Waals surface area (Å²) in [6.45, 7) is 4.79. The standard InChI is InChI=1S/C93H135N13O39S/c1-49(2)39-63(67(110)21-22-73(116)99-64(48-146-5)68(111)40-50(3)87(139)97-46-57(108)41-52(51(4)107)9-6-35-96-93(94)95)104-92(144)65-10-7-36-105(65)77(120)47-145-38-8-11-66(109)58(16-29-82(129)130)100-88(140)54(13-26-79(123)124)43-70(113)60(18-31-84(133)134)102-90(142)56(15-28-81(127)128)45-72(115)62(20-33-86(137)138)103-91(143)55(14-27-80(125)126)44-71(114)61(19-32-85(135)136)101-89(141)53(12-25-78(121)122)42-69(112)59(17-30-83(131)132)98-74(117)34-37-106-75(118)23-24-76(106)119/h23-24,49-50,52-56,58-65H,6-22,25-48H2,1-5H3,(H,97,139)(H,98,117)(H,99,116)(H,100,140)(H,101,141)(H,102,142)(H,103,143)(H,104,144)(H,121,122)(H,123,124)(H,125,126)(H,127,128)(H,129,130)(H,131,132)(H,133,134)(H,135,136)(H,137,138)(H4,94,95,96)/t50-,52+,53+,54+,55+,56+,58-,59-,60-,61-,62-,63+,64+,65+/m1/s1. The highest BCUT2D eigenvalue weighted by Gasteiger charge is 2.41. The summed E-state index contributed by atoms with van der Waals surface area (Å²) in [4.78, 5) is 382. The average molecular weight is 2090 g/mol. The second kappa shape index (κ2) is 67.5. The number of nitrogens with zero attached hydrogens (tertiary/aromatic N) is 2. The Hall–Kier alpha value is -14.0. The SMILES string of the molecule is CSC[C@H](NC(=O)CCC(=O)[C@H](CC(C)C)NC(=O)[C@@H]1CCCN1C(=O)COCCCC(=O)[C@@H](CCC(=O)O)NC(=O)[C@@H](CCC(=O)O)CC(=O)[C@@H](CCC(=O)O)NC(=O)[C@@H](CCC(=O)O)CC(=O)[C@@H](CCC(=O)O)NC(=O)[C@@H](CCC(=O)O)CC(=O)[C@@H](CCC(=O)O)NC(=O)[C@@H](CCC(=O)O)CC(=O)[C@@H](CCC(=O)O)NC(=O)CCN1C(=O)C=CC1=O)C(=O)C[C@@H](C)C(=O)NCC(=O)C[C@H](CCCNC(=N)N)C(C)=O. The molecule has 0 radical (unpaired) electrons. The largest absolute Gasteiger partial charge is 0.481 e. The van der Waals surface area contributed by atoms with Crippen molar-refractivity contribution in [1.82, 2.24) is 57.7 Å². The van der Waals surface area contributed by atoms with Gasteiger partial charge in [-0.1, -0.05) is 20.8 Å². The van der Waals surface area contributed by atoms with Gasteiger partial charge in [-0.25, -0.2) is 0 Å². The maximum atomic E-state index is 14.5. The summed E-state index contributed by atoms with van der Waals surface area (Å²) in [6, 6.07) is -12.8. The minimum absolute atomic E-state index is 0.0646. The first-order chi connectivity index (χ1) is 68.5. The first-order valence-corrected chi connectivity index (χ1v) is 49.0. The molecule has 2 heterocycles. The van der Waals surface area contributed by atoms with E-state index in [2.05, 4.69) is 47.9 Å². The third-order valence-corrected chi connectivity index (χ3v) is 24.4. The van der Waals surface area contributed by atoms with E-state index in [0.29, 0.717) is 30.7 Å². The van der Waals surface area contributed by atoms with Gasteiger partial charge in [-0.3, -0.25) is 149 Å². The fourth-order valence-electron chi connectivity index (χ4n) is 15.7. The van der Waals surface area contributed by atoms with Crippen LogP contribution < -0.4 is 53.6 Å². The van der Waals surface area contributed by atoms with Gasteiger partial charge in [0.25, 0.3) is 11.8 Å². The number of hydrogen-bond acceptors (Lipinski definition) is 32. The molecule has 1 fully saturated rings. The molecule has 0 unspecified atom stereocenters. The topological polar surface area (TPSA) is 851 Å². The normalized spacial score (nSPS) is 15.3. The number of aliphatic carboxylic acids is 9. The van der Waals surface area contributed by atoms with Crippen LogP contribution in [0.1, 0.15) is 246 Å². The van der Waals surface area contributed by atoms with Crippen LogP contribution in [0, 0.1) is 46.8 Å². The van der Waals surface area contributed by atoms with E-state index >= 15 is 0 Å². The number of guanidine groups is 1. The van der Waals surface area contributed by atoms with Gasteiger partial charge < -0.3 is 109 Å². The molecule has 2 rings (SSSR count).